The number of amides is 1. The molecule has 0 atom stereocenters. The zero-order valence-corrected chi connectivity index (χ0v) is 7.57. The van der Waals surface area contributed by atoms with Gasteiger partial charge in [0.15, 0.2) is 5.17 Å². The molecule has 0 aliphatic rings. The highest BCUT2D eigenvalue weighted by Gasteiger charge is 1.95. The molecule has 0 aromatic heterocycles. The summed E-state index contributed by atoms with van der Waals surface area (Å²) in [7, 11) is 4.46. The van der Waals surface area contributed by atoms with Gasteiger partial charge in [0.1, 0.15) is 0 Å². The van der Waals surface area contributed by atoms with Crippen LogP contribution in [0.1, 0.15) is 0 Å². The largest absolute Gasteiger partial charge is 0.453 e. The van der Waals surface area contributed by atoms with Crippen molar-refractivity contribution in [1.82, 2.24) is 5.32 Å². The molecule has 2 N–H and O–H groups in total. The van der Waals surface area contributed by atoms with Crippen molar-refractivity contribution in [2.75, 3.05) is 21.3 Å². The molecule has 0 rings (SSSR count). The van der Waals surface area contributed by atoms with Crippen LogP contribution in [-0.2, 0) is 9.47 Å². The van der Waals surface area contributed by atoms with Crippen LogP contribution in [0.3, 0.4) is 0 Å². The van der Waals surface area contributed by atoms with Gasteiger partial charge < -0.3 is 9.47 Å². The average molecular weight is 180 g/mol. The maximum absolute atomic E-state index is 10.1. The number of ether oxygens (including phenoxy) is 2. The smallest absolute Gasteiger partial charge is 0.412 e. The van der Waals surface area contributed by atoms with E-state index >= 15 is 0 Å². The van der Waals surface area contributed by atoms with Gasteiger partial charge in [-0.15, -0.1) is 12.6 Å². The second kappa shape index (κ2) is 9.25. The number of methoxy groups -OCH3 is 2. The first-order valence-corrected chi connectivity index (χ1v) is 3.05. The van der Waals surface area contributed by atoms with Gasteiger partial charge in [-0.3, -0.25) is 10.7 Å². The molecule has 0 heterocycles. The van der Waals surface area contributed by atoms with Crippen LogP contribution in [0.25, 0.3) is 0 Å². The number of amidine groups is 1. The van der Waals surface area contributed by atoms with Gasteiger partial charge >= 0.3 is 6.09 Å². The highest BCUT2D eigenvalue weighted by Crippen LogP contribution is 1.74. The molecule has 6 heteroatoms. The van der Waals surface area contributed by atoms with Gasteiger partial charge in [0.2, 0.25) is 0 Å². The molecule has 0 saturated carbocycles. The van der Waals surface area contributed by atoms with E-state index in [1.54, 1.807) is 14.2 Å². The molecule has 0 bridgehead atoms. The van der Waals surface area contributed by atoms with Crippen LogP contribution in [0.15, 0.2) is 0 Å². The van der Waals surface area contributed by atoms with Gasteiger partial charge in [-0.25, -0.2) is 4.79 Å². The molecule has 0 aromatic rings. The minimum Gasteiger partial charge on any atom is -0.453 e. The number of carbonyl (C=O) groups excluding carboxylic acids is 1. The van der Waals surface area contributed by atoms with E-state index in [9.17, 15) is 4.79 Å². The number of thiol groups is 1. The number of nitrogens with one attached hydrogen (secondary N) is 2. The third-order valence-corrected chi connectivity index (χ3v) is 0.518. The van der Waals surface area contributed by atoms with Crippen molar-refractivity contribution >= 4 is 23.9 Å². The Labute approximate surface area is 71.0 Å². The quantitative estimate of drug-likeness (QED) is 0.288. The Bertz CT molecular complexity index is 129. The van der Waals surface area contributed by atoms with E-state index in [2.05, 4.69) is 22.1 Å². The van der Waals surface area contributed by atoms with Gasteiger partial charge in [-0.05, 0) is 0 Å². The number of rotatable bonds is 0. The molecule has 5 nitrogen and oxygen atoms in total. The Morgan fingerprint density at radius 2 is 1.82 bits per heavy atom. The summed E-state index contributed by atoms with van der Waals surface area (Å²) >= 11 is 3.46. The van der Waals surface area contributed by atoms with E-state index in [0.29, 0.717) is 0 Å². The van der Waals surface area contributed by atoms with Gasteiger partial charge in [0.25, 0.3) is 0 Å². The summed E-state index contributed by atoms with van der Waals surface area (Å²) in [5.74, 6) is 0. The number of carbonyl (C=O) groups is 1. The Morgan fingerprint density at radius 1 is 1.45 bits per heavy atom. The summed E-state index contributed by atoms with van der Waals surface area (Å²) in [5, 5.41) is 8.33. The van der Waals surface area contributed by atoms with Crippen molar-refractivity contribution < 1.29 is 14.3 Å². The second-order valence-corrected chi connectivity index (χ2v) is 1.82. The van der Waals surface area contributed by atoms with Crippen molar-refractivity contribution in [3.8, 4) is 0 Å². The van der Waals surface area contributed by atoms with Gasteiger partial charge in [0, 0.05) is 14.2 Å². The van der Waals surface area contributed by atoms with E-state index < -0.39 is 6.09 Å². The van der Waals surface area contributed by atoms with Crippen molar-refractivity contribution in [2.45, 2.75) is 0 Å². The summed E-state index contributed by atoms with van der Waals surface area (Å²) in [6.45, 7) is 0. The topological polar surface area (TPSA) is 71.4 Å². The van der Waals surface area contributed by atoms with Crippen LogP contribution < -0.4 is 5.32 Å². The molecule has 0 unspecified atom stereocenters. The molecule has 0 spiro atoms. The first-order valence-electron chi connectivity index (χ1n) is 2.61. The van der Waals surface area contributed by atoms with E-state index in [-0.39, 0.29) is 5.17 Å². The first kappa shape index (κ1) is 12.9. The molecule has 1 amide bonds. The summed E-state index contributed by atoms with van der Waals surface area (Å²) in [4.78, 5) is 10.1. The lowest BCUT2D eigenvalue weighted by molar-refractivity contribution is 0.177. The lowest BCUT2D eigenvalue weighted by Gasteiger charge is -1.96. The minimum absolute atomic E-state index is 0.225. The molecule has 66 valence electrons. The Balaban J connectivity index is 0. The molecule has 0 aliphatic carbocycles. The van der Waals surface area contributed by atoms with Crippen molar-refractivity contribution in [2.24, 2.45) is 0 Å². The normalized spacial score (nSPS) is 7.27. The number of alkyl carbamates (subject to hydrolysis) is 1. The summed E-state index contributed by atoms with van der Waals surface area (Å²) < 4.78 is 8.37. The highest BCUT2D eigenvalue weighted by atomic mass is 32.1. The average Bonchev–Trinajstić information content (AvgIpc) is 1.88. The Morgan fingerprint density at radius 3 is 1.91 bits per heavy atom. The highest BCUT2D eigenvalue weighted by molar-refractivity contribution is 7.96. The lowest BCUT2D eigenvalue weighted by Crippen LogP contribution is -2.25. The molecule has 0 fully saturated rings. The van der Waals surface area contributed by atoms with E-state index in [0.717, 1.165) is 0 Å². The standard InChI is InChI=1S/C3H6N2O2S.C2H6O/c1-7-3(6)5-2(4)8;1-3-2/h1H3,(H3,4,5,6,8);1-2H3. The van der Waals surface area contributed by atoms with Gasteiger partial charge in [-0.1, -0.05) is 0 Å². The Hall–Kier alpha value is -0.750. The number of hydrogen-bond donors (Lipinski definition) is 3. The van der Waals surface area contributed by atoms with Crippen LogP contribution in [-0.4, -0.2) is 32.6 Å². The zero-order chi connectivity index (χ0) is 9.28. The summed E-state index contributed by atoms with van der Waals surface area (Å²) in [6.07, 6.45) is -0.676. The maximum atomic E-state index is 10.1. The third kappa shape index (κ3) is 17.6. The monoisotopic (exact) mass is 180 g/mol. The van der Waals surface area contributed by atoms with E-state index in [4.69, 9.17) is 5.41 Å². The second-order valence-electron chi connectivity index (χ2n) is 1.37. The van der Waals surface area contributed by atoms with Gasteiger partial charge in [-0.2, -0.15) is 0 Å². The minimum atomic E-state index is -0.676. The van der Waals surface area contributed by atoms with E-state index in [1.807, 2.05) is 5.32 Å². The molecule has 0 aliphatic heterocycles. The van der Waals surface area contributed by atoms with Gasteiger partial charge in [0.05, 0.1) is 7.11 Å². The van der Waals surface area contributed by atoms with Crippen LogP contribution in [0.4, 0.5) is 4.79 Å². The van der Waals surface area contributed by atoms with Crippen molar-refractivity contribution in [3.63, 3.8) is 0 Å². The van der Waals surface area contributed by atoms with Crippen LogP contribution in [0.2, 0.25) is 0 Å². The molecule has 11 heavy (non-hydrogen) atoms. The molecular formula is C5H12N2O3S. The molecule has 0 saturated heterocycles. The predicted molar refractivity (Wildman–Crippen MR) is 45.2 cm³/mol. The molecule has 0 radical (unpaired) electrons. The maximum Gasteiger partial charge on any atom is 0.412 e. The molecule has 0 aromatic carbocycles. The fourth-order valence-corrected chi connectivity index (χ4v) is 0.239. The first-order chi connectivity index (χ1) is 5.08. The fourth-order valence-electron chi connectivity index (χ4n) is 0.148. The van der Waals surface area contributed by atoms with Crippen molar-refractivity contribution in [3.05, 3.63) is 0 Å². The van der Waals surface area contributed by atoms with Crippen molar-refractivity contribution in [1.29, 1.82) is 5.41 Å². The summed E-state index contributed by atoms with van der Waals surface area (Å²) in [5.41, 5.74) is 0. The SMILES string of the molecule is COC.COC(=O)NC(=N)S. The summed E-state index contributed by atoms with van der Waals surface area (Å²) in [6, 6.07) is 0. The predicted octanol–water partition coefficient (Wildman–Crippen LogP) is 0.470. The van der Waals surface area contributed by atoms with Crippen LogP contribution in [0.5, 0.6) is 0 Å². The third-order valence-electron chi connectivity index (χ3n) is 0.406. The Kier molecular flexibility index (Phi) is 10.8. The zero-order valence-electron chi connectivity index (χ0n) is 6.67. The number of hydrogen-bond acceptors (Lipinski definition) is 4. The van der Waals surface area contributed by atoms with Crippen LogP contribution >= 0.6 is 12.6 Å². The fraction of sp³-hybridized carbons (Fsp3) is 0.600. The van der Waals surface area contributed by atoms with Crippen LogP contribution in [0, 0.1) is 5.41 Å². The molecular weight excluding hydrogens is 168 g/mol. The lowest BCUT2D eigenvalue weighted by atomic mass is 11.0. The van der Waals surface area contributed by atoms with E-state index in [1.165, 1.54) is 7.11 Å².